The zero-order valence-corrected chi connectivity index (χ0v) is 25.2. The lowest BCUT2D eigenvalue weighted by molar-refractivity contribution is -0.133. The van der Waals surface area contributed by atoms with Gasteiger partial charge in [0.05, 0.1) is 30.3 Å². The lowest BCUT2D eigenvalue weighted by Gasteiger charge is -2.41. The van der Waals surface area contributed by atoms with Crippen LogP contribution in [0.5, 0.6) is 5.75 Å². The molecule has 3 heterocycles. The maximum atomic E-state index is 14.4. The molecule has 0 radical (unpaired) electrons. The maximum absolute atomic E-state index is 14.4. The summed E-state index contributed by atoms with van der Waals surface area (Å²) in [5, 5.41) is 3.85. The second-order valence-corrected chi connectivity index (χ2v) is 11.8. The minimum Gasteiger partial charge on any atom is -0.496 e. The number of rotatable bonds is 6. The maximum Gasteiger partial charge on any atom is 0.257 e. The first-order valence-corrected chi connectivity index (χ1v) is 14.3. The topological polar surface area (TPSA) is 83.9 Å². The van der Waals surface area contributed by atoms with E-state index in [0.29, 0.717) is 25.1 Å². The van der Waals surface area contributed by atoms with E-state index in [4.69, 9.17) is 4.74 Å². The number of nitrogens with one attached hydrogen (secondary N) is 1. The standard InChI is InChI=1S/C31H35BrN4O4/c1-7-28(38)34-14-22(15-34)33-27(37)16-35-20(5)29(25-13-21(32)11-17(2)30(25)35)31(39)36-18(3)12-24-23(19(36)4)9-8-10-26(24)40-6/h7-11,13,18-19,22H,1,12,14-16H2,2-6H3,(H,33,37). The number of carbonyl (C=O) groups excluding carboxylic acids is 3. The van der Waals surface area contributed by atoms with E-state index in [1.54, 1.807) is 12.0 Å². The van der Waals surface area contributed by atoms with Crippen LogP contribution in [0.2, 0.25) is 0 Å². The summed E-state index contributed by atoms with van der Waals surface area (Å²) in [7, 11) is 1.68. The average molecular weight is 608 g/mol. The van der Waals surface area contributed by atoms with Crippen LogP contribution in [0.4, 0.5) is 0 Å². The molecule has 210 valence electrons. The van der Waals surface area contributed by atoms with Crippen molar-refractivity contribution in [2.45, 2.75) is 58.8 Å². The molecule has 9 heteroatoms. The Bertz CT molecular complexity index is 1540. The zero-order chi connectivity index (χ0) is 28.9. The monoisotopic (exact) mass is 606 g/mol. The van der Waals surface area contributed by atoms with Gasteiger partial charge in [-0.3, -0.25) is 14.4 Å². The molecule has 0 bridgehead atoms. The SMILES string of the molecule is C=CC(=O)N1CC(NC(=O)Cn2c(C)c(C(=O)N3C(C)Cc4c(OC)cccc4C3C)c3cc(Br)cc(C)c32)C1. The van der Waals surface area contributed by atoms with Crippen molar-refractivity contribution in [2.75, 3.05) is 20.2 Å². The van der Waals surface area contributed by atoms with Gasteiger partial charge in [0.15, 0.2) is 0 Å². The first kappa shape index (κ1) is 28.0. The van der Waals surface area contributed by atoms with Crippen LogP contribution in [0.25, 0.3) is 10.9 Å². The van der Waals surface area contributed by atoms with Crippen LogP contribution >= 0.6 is 15.9 Å². The van der Waals surface area contributed by atoms with Gasteiger partial charge in [-0.05, 0) is 69.5 Å². The molecule has 3 aromatic rings. The van der Waals surface area contributed by atoms with Crippen LogP contribution in [0.1, 0.15) is 52.6 Å². The lowest BCUT2D eigenvalue weighted by Crippen LogP contribution is -2.61. The molecule has 8 nitrogen and oxygen atoms in total. The van der Waals surface area contributed by atoms with Crippen LogP contribution < -0.4 is 10.1 Å². The number of hydrogen-bond acceptors (Lipinski definition) is 4. The Morgan fingerprint density at radius 3 is 2.58 bits per heavy atom. The van der Waals surface area contributed by atoms with Gasteiger partial charge in [-0.2, -0.15) is 0 Å². The highest BCUT2D eigenvalue weighted by atomic mass is 79.9. The summed E-state index contributed by atoms with van der Waals surface area (Å²) < 4.78 is 8.45. The Balaban J connectivity index is 1.49. The average Bonchev–Trinajstić information content (AvgIpc) is 3.15. The van der Waals surface area contributed by atoms with Gasteiger partial charge in [-0.25, -0.2) is 0 Å². The Kier molecular flexibility index (Phi) is 7.52. The van der Waals surface area contributed by atoms with Gasteiger partial charge in [0.25, 0.3) is 5.91 Å². The quantitative estimate of drug-likeness (QED) is 0.413. The molecule has 1 fully saturated rings. The number of carbonyl (C=O) groups is 3. The van der Waals surface area contributed by atoms with Crippen molar-refractivity contribution in [3.05, 3.63) is 75.4 Å². The molecule has 2 aliphatic rings. The van der Waals surface area contributed by atoms with Gasteiger partial charge >= 0.3 is 0 Å². The van der Waals surface area contributed by atoms with Crippen molar-refractivity contribution in [2.24, 2.45) is 0 Å². The molecule has 2 aliphatic heterocycles. The molecular weight excluding hydrogens is 572 g/mol. The van der Waals surface area contributed by atoms with Crippen LogP contribution in [-0.2, 0) is 22.6 Å². The number of fused-ring (bicyclic) bond motifs is 2. The highest BCUT2D eigenvalue weighted by Crippen LogP contribution is 2.40. The van der Waals surface area contributed by atoms with E-state index >= 15 is 0 Å². The number of aryl methyl sites for hydroxylation is 1. The predicted molar refractivity (Wildman–Crippen MR) is 159 cm³/mol. The molecular formula is C31H35BrN4O4. The Hall–Kier alpha value is -3.59. The number of hydrogen-bond donors (Lipinski definition) is 1. The third kappa shape index (κ3) is 4.70. The summed E-state index contributed by atoms with van der Waals surface area (Å²) in [5.41, 5.74) is 5.45. The third-order valence-electron chi connectivity index (χ3n) is 8.29. The van der Waals surface area contributed by atoms with Crippen LogP contribution in [0.15, 0.2) is 47.5 Å². The largest absolute Gasteiger partial charge is 0.496 e. The lowest BCUT2D eigenvalue weighted by atomic mass is 9.88. The molecule has 0 aliphatic carbocycles. The molecule has 2 atom stereocenters. The van der Waals surface area contributed by atoms with E-state index in [2.05, 4.69) is 47.7 Å². The first-order chi connectivity index (χ1) is 19.0. The van der Waals surface area contributed by atoms with Gasteiger partial charge in [0.2, 0.25) is 11.8 Å². The molecule has 5 rings (SSSR count). The summed E-state index contributed by atoms with van der Waals surface area (Å²) >= 11 is 3.61. The molecule has 3 amide bonds. The second kappa shape index (κ2) is 10.8. The van der Waals surface area contributed by atoms with Gasteiger partial charge in [-0.1, -0.05) is 34.6 Å². The van der Waals surface area contributed by atoms with Crippen molar-refractivity contribution >= 4 is 44.6 Å². The number of benzene rings is 2. The van der Waals surface area contributed by atoms with Crippen LogP contribution in [0.3, 0.4) is 0 Å². The van der Waals surface area contributed by atoms with E-state index in [0.717, 1.165) is 43.5 Å². The van der Waals surface area contributed by atoms with Gasteiger partial charge in [0.1, 0.15) is 12.3 Å². The fraction of sp³-hybridized carbons (Fsp3) is 0.387. The van der Waals surface area contributed by atoms with Crippen molar-refractivity contribution < 1.29 is 19.1 Å². The number of amides is 3. The fourth-order valence-electron chi connectivity index (χ4n) is 6.36. The normalized spacial score (nSPS) is 18.8. The fourth-order valence-corrected chi connectivity index (χ4v) is 6.93. The molecule has 40 heavy (non-hydrogen) atoms. The predicted octanol–water partition coefficient (Wildman–Crippen LogP) is 4.69. The summed E-state index contributed by atoms with van der Waals surface area (Å²) in [6.45, 7) is 12.6. The Morgan fingerprint density at radius 2 is 1.90 bits per heavy atom. The van der Waals surface area contributed by atoms with Crippen molar-refractivity contribution in [1.29, 1.82) is 0 Å². The molecule has 0 spiro atoms. The smallest absolute Gasteiger partial charge is 0.257 e. The Morgan fingerprint density at radius 1 is 1.18 bits per heavy atom. The van der Waals surface area contributed by atoms with Gasteiger partial charge in [-0.15, -0.1) is 0 Å². The first-order valence-electron chi connectivity index (χ1n) is 13.5. The minimum atomic E-state index is -0.155. The molecule has 0 saturated carbocycles. The highest BCUT2D eigenvalue weighted by molar-refractivity contribution is 9.10. The van der Waals surface area contributed by atoms with Crippen LogP contribution in [-0.4, -0.2) is 64.4 Å². The van der Waals surface area contributed by atoms with Crippen molar-refractivity contribution in [1.82, 2.24) is 19.7 Å². The van der Waals surface area contributed by atoms with Gasteiger partial charge in [0, 0.05) is 40.2 Å². The minimum absolute atomic E-state index is 0.0412. The number of ether oxygens (including phenoxy) is 1. The molecule has 1 N–H and O–H groups in total. The van der Waals surface area contributed by atoms with Crippen LogP contribution in [0, 0.1) is 13.8 Å². The van der Waals surface area contributed by atoms with E-state index < -0.39 is 0 Å². The van der Waals surface area contributed by atoms with E-state index in [-0.39, 0.29) is 42.4 Å². The van der Waals surface area contributed by atoms with E-state index in [1.165, 1.54) is 6.08 Å². The van der Waals surface area contributed by atoms with Gasteiger partial charge < -0.3 is 24.4 Å². The van der Waals surface area contributed by atoms with Crippen molar-refractivity contribution in [3.8, 4) is 5.75 Å². The second-order valence-electron chi connectivity index (χ2n) is 10.8. The molecule has 2 unspecified atom stereocenters. The number of halogens is 1. The van der Waals surface area contributed by atoms with E-state index in [9.17, 15) is 14.4 Å². The molecule has 1 saturated heterocycles. The summed E-state index contributed by atoms with van der Waals surface area (Å²) in [5.74, 6) is 0.511. The van der Waals surface area contributed by atoms with E-state index in [1.807, 2.05) is 47.6 Å². The summed E-state index contributed by atoms with van der Waals surface area (Å²) in [6.07, 6.45) is 1.98. The Labute approximate surface area is 243 Å². The third-order valence-corrected chi connectivity index (χ3v) is 8.74. The zero-order valence-electron chi connectivity index (χ0n) is 23.6. The van der Waals surface area contributed by atoms with Crippen molar-refractivity contribution in [3.63, 3.8) is 0 Å². The number of nitrogens with zero attached hydrogens (tertiary/aromatic N) is 3. The molecule has 2 aromatic carbocycles. The summed E-state index contributed by atoms with van der Waals surface area (Å²) in [4.78, 5) is 42.9. The highest BCUT2D eigenvalue weighted by Gasteiger charge is 2.37. The number of likely N-dealkylation sites (tertiary alicyclic amines) is 1. The molecule has 1 aromatic heterocycles. The number of methoxy groups -OCH3 is 1. The summed E-state index contributed by atoms with van der Waals surface area (Å²) in [6, 6.07) is 9.70. The number of aromatic nitrogens is 1.